The Morgan fingerprint density at radius 1 is 1.47 bits per heavy atom. The fraction of sp³-hybridized carbons (Fsp3) is 0.500. The van der Waals surface area contributed by atoms with Crippen LogP contribution in [0.15, 0.2) is 18.2 Å². The molecule has 1 aromatic rings. The van der Waals surface area contributed by atoms with E-state index in [1.54, 1.807) is 25.1 Å². The SMILES string of the molecule is Cc1cccc(OCCC2CCCC2=O)c1[N+](=O)[O-]. The fourth-order valence-electron chi connectivity index (χ4n) is 2.49. The number of ketones is 1. The van der Waals surface area contributed by atoms with Crippen molar-refractivity contribution in [3.8, 4) is 5.75 Å². The van der Waals surface area contributed by atoms with Gasteiger partial charge in [0.25, 0.3) is 0 Å². The molecule has 0 spiro atoms. The van der Waals surface area contributed by atoms with Crippen LogP contribution in [-0.2, 0) is 4.79 Å². The molecule has 1 aromatic carbocycles. The smallest absolute Gasteiger partial charge is 0.313 e. The highest BCUT2D eigenvalue weighted by Crippen LogP contribution is 2.31. The molecule has 0 bridgehead atoms. The molecule has 0 amide bonds. The largest absolute Gasteiger partial charge is 0.487 e. The highest BCUT2D eigenvalue weighted by Gasteiger charge is 2.24. The molecule has 1 saturated carbocycles. The Morgan fingerprint density at radius 3 is 2.89 bits per heavy atom. The number of hydrogen-bond donors (Lipinski definition) is 0. The van der Waals surface area contributed by atoms with E-state index in [0.717, 1.165) is 12.8 Å². The summed E-state index contributed by atoms with van der Waals surface area (Å²) in [6, 6.07) is 5.02. The normalized spacial score (nSPS) is 18.6. The number of benzene rings is 1. The Balaban J connectivity index is 1.98. The first-order valence-electron chi connectivity index (χ1n) is 6.49. The number of rotatable bonds is 5. The van der Waals surface area contributed by atoms with Crippen molar-refractivity contribution in [2.75, 3.05) is 6.61 Å². The van der Waals surface area contributed by atoms with Crippen LogP contribution in [0.25, 0.3) is 0 Å². The summed E-state index contributed by atoms with van der Waals surface area (Å²) < 4.78 is 5.50. The van der Waals surface area contributed by atoms with Crippen molar-refractivity contribution >= 4 is 11.5 Å². The molecular formula is C14H17NO4. The maximum absolute atomic E-state index is 11.5. The second-order valence-electron chi connectivity index (χ2n) is 4.87. The Bertz CT molecular complexity index is 498. The summed E-state index contributed by atoms with van der Waals surface area (Å²) in [5.41, 5.74) is 0.597. The molecule has 1 aliphatic rings. The number of nitro benzene ring substituents is 1. The van der Waals surface area contributed by atoms with Crippen molar-refractivity contribution in [2.24, 2.45) is 5.92 Å². The van der Waals surface area contributed by atoms with Crippen LogP contribution in [0.1, 0.15) is 31.2 Å². The number of para-hydroxylation sites is 1. The maximum atomic E-state index is 11.5. The van der Waals surface area contributed by atoms with Crippen LogP contribution in [0.2, 0.25) is 0 Å². The van der Waals surface area contributed by atoms with Crippen molar-refractivity contribution in [1.82, 2.24) is 0 Å². The quantitative estimate of drug-likeness (QED) is 0.604. The van der Waals surface area contributed by atoms with Crippen LogP contribution in [0.4, 0.5) is 5.69 Å². The van der Waals surface area contributed by atoms with E-state index in [9.17, 15) is 14.9 Å². The minimum atomic E-state index is -0.425. The molecule has 19 heavy (non-hydrogen) atoms. The maximum Gasteiger partial charge on any atom is 0.313 e. The predicted molar refractivity (Wildman–Crippen MR) is 70.3 cm³/mol. The molecule has 1 atom stereocenters. The molecule has 102 valence electrons. The lowest BCUT2D eigenvalue weighted by molar-refractivity contribution is -0.386. The van der Waals surface area contributed by atoms with Crippen LogP contribution in [0.5, 0.6) is 5.75 Å². The van der Waals surface area contributed by atoms with Gasteiger partial charge < -0.3 is 4.74 Å². The van der Waals surface area contributed by atoms with Gasteiger partial charge in [-0.05, 0) is 32.3 Å². The predicted octanol–water partition coefficient (Wildman–Crippen LogP) is 3.04. The number of carbonyl (C=O) groups excluding carboxylic acids is 1. The van der Waals surface area contributed by atoms with E-state index in [-0.39, 0.29) is 17.4 Å². The fourth-order valence-corrected chi connectivity index (χ4v) is 2.49. The lowest BCUT2D eigenvalue weighted by Crippen LogP contribution is -2.11. The Kier molecular flexibility index (Phi) is 4.14. The highest BCUT2D eigenvalue weighted by molar-refractivity contribution is 5.82. The molecule has 1 aliphatic carbocycles. The summed E-state index contributed by atoms with van der Waals surface area (Å²) in [6.45, 7) is 2.03. The minimum Gasteiger partial charge on any atom is -0.487 e. The number of hydrogen-bond acceptors (Lipinski definition) is 4. The van der Waals surface area contributed by atoms with Gasteiger partial charge in [0, 0.05) is 17.9 Å². The lowest BCUT2D eigenvalue weighted by Gasteiger charge is -2.10. The van der Waals surface area contributed by atoms with E-state index in [4.69, 9.17) is 4.74 Å². The van der Waals surface area contributed by atoms with Crippen molar-refractivity contribution in [3.63, 3.8) is 0 Å². The van der Waals surface area contributed by atoms with E-state index < -0.39 is 4.92 Å². The van der Waals surface area contributed by atoms with Gasteiger partial charge in [-0.2, -0.15) is 0 Å². The third-order valence-corrected chi connectivity index (χ3v) is 3.54. The molecule has 0 N–H and O–H groups in total. The second kappa shape index (κ2) is 5.82. The van der Waals surface area contributed by atoms with E-state index in [1.807, 2.05) is 0 Å². The highest BCUT2D eigenvalue weighted by atomic mass is 16.6. The van der Waals surface area contributed by atoms with Gasteiger partial charge in [-0.15, -0.1) is 0 Å². The topological polar surface area (TPSA) is 69.4 Å². The Morgan fingerprint density at radius 2 is 2.26 bits per heavy atom. The van der Waals surface area contributed by atoms with Crippen LogP contribution in [-0.4, -0.2) is 17.3 Å². The number of Topliss-reactive ketones (excluding diaryl/α,β-unsaturated/α-hetero) is 1. The van der Waals surface area contributed by atoms with Gasteiger partial charge in [-0.3, -0.25) is 14.9 Å². The van der Waals surface area contributed by atoms with Crippen LogP contribution < -0.4 is 4.74 Å². The van der Waals surface area contributed by atoms with E-state index in [0.29, 0.717) is 30.8 Å². The van der Waals surface area contributed by atoms with Gasteiger partial charge in [0.05, 0.1) is 11.5 Å². The standard InChI is InChI=1S/C14H17NO4/c1-10-4-2-7-13(14(10)15(17)18)19-9-8-11-5-3-6-12(11)16/h2,4,7,11H,3,5-6,8-9H2,1H3. The van der Waals surface area contributed by atoms with Crippen molar-refractivity contribution in [3.05, 3.63) is 33.9 Å². The van der Waals surface area contributed by atoms with Crippen LogP contribution in [0.3, 0.4) is 0 Å². The number of nitrogens with zero attached hydrogens (tertiary/aromatic N) is 1. The van der Waals surface area contributed by atoms with E-state index in [2.05, 4.69) is 0 Å². The zero-order valence-corrected chi connectivity index (χ0v) is 10.9. The first kappa shape index (κ1) is 13.5. The second-order valence-corrected chi connectivity index (χ2v) is 4.87. The molecule has 0 heterocycles. The summed E-state index contributed by atoms with van der Waals surface area (Å²) in [4.78, 5) is 22.0. The van der Waals surface area contributed by atoms with Gasteiger partial charge in [0.2, 0.25) is 0 Å². The third kappa shape index (κ3) is 3.10. The molecule has 1 unspecified atom stereocenters. The zero-order chi connectivity index (χ0) is 13.8. The molecule has 0 saturated heterocycles. The van der Waals surface area contributed by atoms with Gasteiger partial charge >= 0.3 is 5.69 Å². The average Bonchev–Trinajstić information content (AvgIpc) is 2.75. The summed E-state index contributed by atoms with van der Waals surface area (Å²) >= 11 is 0. The van der Waals surface area contributed by atoms with Crippen molar-refractivity contribution in [1.29, 1.82) is 0 Å². The van der Waals surface area contributed by atoms with Gasteiger partial charge in [0.1, 0.15) is 5.78 Å². The van der Waals surface area contributed by atoms with Crippen molar-refractivity contribution < 1.29 is 14.5 Å². The minimum absolute atomic E-state index is 0.0141. The summed E-state index contributed by atoms with van der Waals surface area (Å²) in [5, 5.41) is 11.0. The third-order valence-electron chi connectivity index (χ3n) is 3.54. The zero-order valence-electron chi connectivity index (χ0n) is 10.9. The summed E-state index contributed by atoms with van der Waals surface area (Å²) in [6.07, 6.45) is 3.17. The first-order valence-corrected chi connectivity index (χ1v) is 6.49. The molecular weight excluding hydrogens is 246 g/mol. The van der Waals surface area contributed by atoms with Crippen molar-refractivity contribution in [2.45, 2.75) is 32.6 Å². The molecule has 5 heteroatoms. The lowest BCUT2D eigenvalue weighted by atomic mass is 10.0. The van der Waals surface area contributed by atoms with Gasteiger partial charge in [-0.1, -0.05) is 12.1 Å². The molecule has 1 fully saturated rings. The summed E-state index contributed by atoms with van der Waals surface area (Å²) in [7, 11) is 0. The number of aryl methyl sites for hydroxylation is 1. The molecule has 0 radical (unpaired) electrons. The molecule has 0 aromatic heterocycles. The molecule has 0 aliphatic heterocycles. The van der Waals surface area contributed by atoms with E-state index in [1.165, 1.54) is 0 Å². The van der Waals surface area contributed by atoms with Gasteiger partial charge in [-0.25, -0.2) is 0 Å². The molecule has 2 rings (SSSR count). The van der Waals surface area contributed by atoms with E-state index >= 15 is 0 Å². The molecule has 5 nitrogen and oxygen atoms in total. The number of carbonyl (C=O) groups is 1. The summed E-state index contributed by atoms with van der Waals surface area (Å²) in [5.74, 6) is 0.654. The van der Waals surface area contributed by atoms with Gasteiger partial charge in [0.15, 0.2) is 5.75 Å². The Labute approximate surface area is 111 Å². The Hall–Kier alpha value is -1.91. The number of nitro groups is 1. The average molecular weight is 263 g/mol. The van der Waals surface area contributed by atoms with Crippen LogP contribution in [0, 0.1) is 23.0 Å². The first-order chi connectivity index (χ1) is 9.09. The monoisotopic (exact) mass is 263 g/mol. The van der Waals surface area contributed by atoms with Crippen LogP contribution >= 0.6 is 0 Å². The number of ether oxygens (including phenoxy) is 1.